The molecule has 62 heavy (non-hydrogen) atoms. The molecule has 12 rings (SSSR count). The fraction of sp³-hybridized carbons (Fsp3) is 0.0172. The van der Waals surface area contributed by atoms with Crippen molar-refractivity contribution in [3.8, 4) is 27.9 Å². The fourth-order valence-corrected chi connectivity index (χ4v) is 10.5. The molecular formula is C58H38N2OS. The highest BCUT2D eigenvalue weighted by Crippen LogP contribution is 2.44. The average Bonchev–Trinajstić information content (AvgIpc) is 4.01. The van der Waals surface area contributed by atoms with Crippen LogP contribution in [0.25, 0.3) is 97.4 Å². The second kappa shape index (κ2) is 14.4. The third kappa shape index (κ3) is 5.83. The number of rotatable bonds is 7. The van der Waals surface area contributed by atoms with Gasteiger partial charge >= 0.3 is 0 Å². The molecule has 0 unspecified atom stereocenters. The molecule has 0 aliphatic carbocycles. The number of furan rings is 1. The van der Waals surface area contributed by atoms with Crippen molar-refractivity contribution < 1.29 is 4.42 Å². The SMILES string of the molecule is C=C(c1ccccc1)c1cc(-c2cccc3sc4ccc(-c5ccc6c(c5)c5ccccc5n6-c5ccccc5)cc4c23)ccc1N=C(C)c1cccc2c1oc1ccccc12. The van der Waals surface area contributed by atoms with Crippen molar-refractivity contribution in [3.05, 3.63) is 223 Å². The van der Waals surface area contributed by atoms with E-state index in [1.54, 1.807) is 0 Å². The first-order valence-corrected chi connectivity index (χ1v) is 21.8. The Morgan fingerprint density at radius 3 is 2.05 bits per heavy atom. The van der Waals surface area contributed by atoms with Crippen LogP contribution < -0.4 is 0 Å². The molecule has 0 amide bonds. The summed E-state index contributed by atoms with van der Waals surface area (Å²) in [7, 11) is 0. The van der Waals surface area contributed by atoms with Gasteiger partial charge in [-0.3, -0.25) is 4.99 Å². The molecule has 0 saturated carbocycles. The third-order valence-electron chi connectivity index (χ3n) is 12.4. The number of benzene rings is 9. The van der Waals surface area contributed by atoms with Crippen LogP contribution in [0.2, 0.25) is 0 Å². The maximum Gasteiger partial charge on any atom is 0.144 e. The number of hydrogen-bond acceptors (Lipinski definition) is 3. The summed E-state index contributed by atoms with van der Waals surface area (Å²) in [4.78, 5) is 5.33. The Morgan fingerprint density at radius 2 is 1.19 bits per heavy atom. The maximum atomic E-state index is 6.43. The Balaban J connectivity index is 0.996. The van der Waals surface area contributed by atoms with Crippen molar-refractivity contribution in [2.24, 2.45) is 4.99 Å². The first-order valence-electron chi connectivity index (χ1n) is 21.0. The maximum absolute atomic E-state index is 6.43. The zero-order valence-corrected chi connectivity index (χ0v) is 34.8. The standard InChI is InChI=1S/C58H38N2OS/c1-36(38-15-5-3-6-16-38)48-35-41(27-30-51(48)59-37(2)43-21-13-23-47-46-20-10-12-25-54(46)61-58(43)47)44-22-14-26-56-57(44)50-34-40(29-32-55(50)62-56)39-28-31-53-49(33-39)45-19-9-11-24-52(45)60(53)42-17-7-4-8-18-42/h3-35H,1H2,2H3. The Bertz CT molecular complexity index is 3770. The molecule has 4 heteroatoms. The number of fused-ring (bicyclic) bond motifs is 9. The van der Waals surface area contributed by atoms with Gasteiger partial charge in [0.2, 0.25) is 0 Å². The summed E-state index contributed by atoms with van der Waals surface area (Å²) in [6, 6.07) is 71.5. The molecule has 0 spiro atoms. The van der Waals surface area contributed by atoms with E-state index in [1.807, 2.05) is 29.5 Å². The van der Waals surface area contributed by atoms with E-state index >= 15 is 0 Å². The van der Waals surface area contributed by atoms with Crippen molar-refractivity contribution in [1.29, 1.82) is 0 Å². The van der Waals surface area contributed by atoms with Gasteiger partial charge in [-0.05, 0) is 113 Å². The molecule has 3 heterocycles. The third-order valence-corrected chi connectivity index (χ3v) is 13.5. The van der Waals surface area contributed by atoms with E-state index < -0.39 is 0 Å². The van der Waals surface area contributed by atoms with Gasteiger partial charge in [-0.1, -0.05) is 134 Å². The summed E-state index contributed by atoms with van der Waals surface area (Å²) in [5.74, 6) is 0. The summed E-state index contributed by atoms with van der Waals surface area (Å²) < 4.78 is 11.3. The van der Waals surface area contributed by atoms with E-state index in [4.69, 9.17) is 9.41 Å². The predicted octanol–water partition coefficient (Wildman–Crippen LogP) is 16.6. The van der Waals surface area contributed by atoms with Gasteiger partial charge in [0, 0.05) is 64.2 Å². The molecule has 0 aliphatic heterocycles. The van der Waals surface area contributed by atoms with Gasteiger partial charge in [0.1, 0.15) is 11.2 Å². The Kier molecular flexibility index (Phi) is 8.41. The number of thiophene rings is 1. The van der Waals surface area contributed by atoms with Crippen molar-refractivity contribution in [1.82, 2.24) is 4.57 Å². The van der Waals surface area contributed by atoms with Gasteiger partial charge in [-0.25, -0.2) is 0 Å². The summed E-state index contributed by atoms with van der Waals surface area (Å²) in [5, 5.41) is 7.21. The van der Waals surface area contributed by atoms with Gasteiger partial charge in [0.15, 0.2) is 0 Å². The fourth-order valence-electron chi connectivity index (χ4n) is 9.37. The lowest BCUT2D eigenvalue weighted by molar-refractivity contribution is 0.668. The van der Waals surface area contributed by atoms with Gasteiger partial charge in [0.25, 0.3) is 0 Å². The first-order chi connectivity index (χ1) is 30.6. The summed E-state index contributed by atoms with van der Waals surface area (Å²) in [6.45, 7) is 6.74. The molecule has 0 bridgehead atoms. The topological polar surface area (TPSA) is 30.4 Å². The minimum atomic E-state index is 0.851. The molecule has 3 nitrogen and oxygen atoms in total. The highest BCUT2D eigenvalue weighted by Gasteiger charge is 2.18. The van der Waals surface area contributed by atoms with Crippen LogP contribution >= 0.6 is 11.3 Å². The monoisotopic (exact) mass is 810 g/mol. The van der Waals surface area contributed by atoms with Crippen LogP contribution in [0.4, 0.5) is 5.69 Å². The van der Waals surface area contributed by atoms with Crippen LogP contribution in [-0.4, -0.2) is 10.3 Å². The normalized spacial score (nSPS) is 12.1. The number of aromatic nitrogens is 1. The van der Waals surface area contributed by atoms with Crippen LogP contribution in [-0.2, 0) is 0 Å². The molecule has 0 fully saturated rings. The number of aliphatic imine (C=N–C) groups is 1. The second-order valence-electron chi connectivity index (χ2n) is 16.0. The molecule has 3 aromatic heterocycles. The predicted molar refractivity (Wildman–Crippen MR) is 265 cm³/mol. The van der Waals surface area contributed by atoms with E-state index in [0.717, 1.165) is 66.9 Å². The lowest BCUT2D eigenvalue weighted by Crippen LogP contribution is -1.96. The number of hydrogen-bond donors (Lipinski definition) is 0. The molecule has 0 atom stereocenters. The van der Waals surface area contributed by atoms with E-state index in [2.05, 4.69) is 200 Å². The van der Waals surface area contributed by atoms with Gasteiger partial charge < -0.3 is 8.98 Å². The minimum absolute atomic E-state index is 0.851. The van der Waals surface area contributed by atoms with Crippen LogP contribution in [0.15, 0.2) is 216 Å². The molecule has 9 aromatic carbocycles. The van der Waals surface area contributed by atoms with E-state index in [-0.39, 0.29) is 0 Å². The molecular weight excluding hydrogens is 773 g/mol. The highest BCUT2D eigenvalue weighted by molar-refractivity contribution is 7.26. The molecule has 0 N–H and O–H groups in total. The quantitative estimate of drug-likeness (QED) is 0.148. The summed E-state index contributed by atoms with van der Waals surface area (Å²) in [5.41, 5.74) is 15.7. The van der Waals surface area contributed by atoms with Gasteiger partial charge in [0.05, 0.1) is 16.7 Å². The Hall–Kier alpha value is -7.79. The minimum Gasteiger partial charge on any atom is -0.455 e. The zero-order chi connectivity index (χ0) is 41.3. The Morgan fingerprint density at radius 1 is 0.516 bits per heavy atom. The van der Waals surface area contributed by atoms with Crippen molar-refractivity contribution in [2.75, 3.05) is 0 Å². The number of nitrogens with zero attached hydrogens (tertiary/aromatic N) is 2. The number of para-hydroxylation sites is 4. The van der Waals surface area contributed by atoms with Crippen LogP contribution in [0.5, 0.6) is 0 Å². The summed E-state index contributed by atoms with van der Waals surface area (Å²) in [6.07, 6.45) is 0. The lowest BCUT2D eigenvalue weighted by atomic mass is 9.92. The van der Waals surface area contributed by atoms with Crippen LogP contribution in [0.3, 0.4) is 0 Å². The van der Waals surface area contributed by atoms with Crippen molar-refractivity contribution in [3.63, 3.8) is 0 Å². The van der Waals surface area contributed by atoms with Crippen molar-refractivity contribution >= 4 is 92.2 Å². The highest BCUT2D eigenvalue weighted by atomic mass is 32.1. The van der Waals surface area contributed by atoms with E-state index in [1.165, 1.54) is 58.7 Å². The molecule has 0 radical (unpaired) electrons. The molecule has 0 saturated heterocycles. The molecule has 12 aromatic rings. The average molecular weight is 811 g/mol. The largest absolute Gasteiger partial charge is 0.455 e. The van der Waals surface area contributed by atoms with Crippen molar-refractivity contribution in [2.45, 2.75) is 6.92 Å². The zero-order valence-electron chi connectivity index (χ0n) is 34.0. The molecule has 292 valence electrons. The second-order valence-corrected chi connectivity index (χ2v) is 17.0. The van der Waals surface area contributed by atoms with E-state index in [9.17, 15) is 0 Å². The van der Waals surface area contributed by atoms with Crippen LogP contribution in [0, 0.1) is 0 Å². The van der Waals surface area contributed by atoms with E-state index in [0.29, 0.717) is 0 Å². The van der Waals surface area contributed by atoms with Crippen LogP contribution in [0.1, 0.15) is 23.6 Å². The van der Waals surface area contributed by atoms with Gasteiger partial charge in [-0.2, -0.15) is 0 Å². The molecule has 0 aliphatic rings. The Labute approximate surface area is 362 Å². The van der Waals surface area contributed by atoms with Gasteiger partial charge in [-0.15, -0.1) is 11.3 Å². The smallest absolute Gasteiger partial charge is 0.144 e. The first kappa shape index (κ1) is 36.1. The summed E-state index contributed by atoms with van der Waals surface area (Å²) >= 11 is 1.85. The lowest BCUT2D eigenvalue weighted by Gasteiger charge is -2.14.